The van der Waals surface area contributed by atoms with Crippen molar-refractivity contribution >= 4 is 11.7 Å². The highest BCUT2D eigenvalue weighted by Gasteiger charge is 2.28. The van der Waals surface area contributed by atoms with Gasteiger partial charge in [0.05, 0.1) is 5.56 Å². The van der Waals surface area contributed by atoms with Crippen molar-refractivity contribution in [2.24, 2.45) is 5.41 Å². The Morgan fingerprint density at radius 1 is 1.45 bits per heavy atom. The van der Waals surface area contributed by atoms with Crippen LogP contribution in [0.15, 0.2) is 18.3 Å². The number of nitrogens with zero attached hydrogens (tertiary/aromatic N) is 2. The molecule has 1 rings (SSSR count). The van der Waals surface area contributed by atoms with Gasteiger partial charge in [0.15, 0.2) is 0 Å². The van der Waals surface area contributed by atoms with Crippen LogP contribution < -0.4 is 5.32 Å². The SMILES string of the molecule is CCCNc1ncccc1C(=O)N(C)C(C)C(C)(C)C. The Hall–Kier alpha value is -1.58. The zero-order valence-corrected chi connectivity index (χ0v) is 13.5. The Morgan fingerprint density at radius 2 is 2.10 bits per heavy atom. The van der Waals surface area contributed by atoms with E-state index in [1.807, 2.05) is 13.1 Å². The molecule has 112 valence electrons. The van der Waals surface area contributed by atoms with Crippen LogP contribution in [0.1, 0.15) is 51.4 Å². The minimum Gasteiger partial charge on any atom is -0.369 e. The maximum absolute atomic E-state index is 12.7. The van der Waals surface area contributed by atoms with Gasteiger partial charge in [0, 0.05) is 25.8 Å². The number of aromatic nitrogens is 1. The number of anilines is 1. The molecule has 0 aromatic carbocycles. The molecule has 0 bridgehead atoms. The van der Waals surface area contributed by atoms with E-state index >= 15 is 0 Å². The van der Waals surface area contributed by atoms with E-state index in [1.165, 1.54) is 0 Å². The van der Waals surface area contributed by atoms with Crippen LogP contribution in [0.4, 0.5) is 5.82 Å². The van der Waals surface area contributed by atoms with E-state index in [2.05, 4.69) is 44.9 Å². The predicted molar refractivity (Wildman–Crippen MR) is 84.0 cm³/mol. The van der Waals surface area contributed by atoms with E-state index in [-0.39, 0.29) is 17.4 Å². The second-order valence-corrected chi connectivity index (χ2v) is 6.28. The molecule has 1 heterocycles. The molecule has 0 aliphatic heterocycles. The topological polar surface area (TPSA) is 45.2 Å². The first-order valence-electron chi connectivity index (χ1n) is 7.25. The molecule has 1 aromatic rings. The van der Waals surface area contributed by atoms with E-state index in [9.17, 15) is 4.79 Å². The van der Waals surface area contributed by atoms with E-state index in [0.717, 1.165) is 13.0 Å². The van der Waals surface area contributed by atoms with Crippen molar-refractivity contribution in [3.63, 3.8) is 0 Å². The zero-order valence-electron chi connectivity index (χ0n) is 13.5. The summed E-state index contributed by atoms with van der Waals surface area (Å²) in [5.74, 6) is 0.687. The minimum atomic E-state index is 0.0131. The molecule has 1 N–H and O–H groups in total. The average molecular weight is 277 g/mol. The summed E-state index contributed by atoms with van der Waals surface area (Å²) in [6.45, 7) is 11.4. The van der Waals surface area contributed by atoms with Crippen molar-refractivity contribution in [1.29, 1.82) is 0 Å². The third-order valence-corrected chi connectivity index (χ3v) is 3.74. The van der Waals surface area contributed by atoms with Gasteiger partial charge in [-0.2, -0.15) is 0 Å². The molecule has 0 spiro atoms. The van der Waals surface area contributed by atoms with Crippen LogP contribution in [-0.4, -0.2) is 35.4 Å². The quantitative estimate of drug-likeness (QED) is 0.897. The molecule has 1 amide bonds. The highest BCUT2D eigenvalue weighted by atomic mass is 16.2. The van der Waals surface area contributed by atoms with Crippen LogP contribution in [0.3, 0.4) is 0 Å². The van der Waals surface area contributed by atoms with Crippen molar-refractivity contribution < 1.29 is 4.79 Å². The first kappa shape index (κ1) is 16.5. The Labute approximate surface area is 122 Å². The lowest BCUT2D eigenvalue weighted by atomic mass is 9.87. The van der Waals surface area contributed by atoms with Gasteiger partial charge < -0.3 is 10.2 Å². The first-order valence-corrected chi connectivity index (χ1v) is 7.25. The highest BCUT2D eigenvalue weighted by molar-refractivity contribution is 5.98. The molecular weight excluding hydrogens is 250 g/mol. The Kier molecular flexibility index (Phi) is 5.54. The van der Waals surface area contributed by atoms with Gasteiger partial charge in [0.1, 0.15) is 5.82 Å². The number of hydrogen-bond acceptors (Lipinski definition) is 3. The van der Waals surface area contributed by atoms with E-state index in [1.54, 1.807) is 17.2 Å². The molecule has 1 unspecified atom stereocenters. The molecule has 1 aromatic heterocycles. The maximum Gasteiger partial charge on any atom is 0.257 e. The fourth-order valence-corrected chi connectivity index (χ4v) is 1.91. The standard InChI is InChI=1S/C16H27N3O/c1-7-10-17-14-13(9-8-11-18-14)15(20)19(6)12(2)16(3,4)5/h8-9,11-12H,7,10H2,1-6H3,(H,17,18). The Morgan fingerprint density at radius 3 is 2.65 bits per heavy atom. The largest absolute Gasteiger partial charge is 0.369 e. The van der Waals surface area contributed by atoms with Crippen LogP contribution in [0.2, 0.25) is 0 Å². The molecule has 4 nitrogen and oxygen atoms in total. The fraction of sp³-hybridized carbons (Fsp3) is 0.625. The minimum absolute atomic E-state index is 0.0131. The molecule has 1 atom stereocenters. The smallest absolute Gasteiger partial charge is 0.257 e. The van der Waals surface area contributed by atoms with E-state index < -0.39 is 0 Å². The van der Waals surface area contributed by atoms with Gasteiger partial charge in [0.2, 0.25) is 0 Å². The van der Waals surface area contributed by atoms with Crippen LogP contribution in [-0.2, 0) is 0 Å². The summed E-state index contributed by atoms with van der Waals surface area (Å²) in [5.41, 5.74) is 0.684. The van der Waals surface area contributed by atoms with Gasteiger partial charge in [0.25, 0.3) is 5.91 Å². The summed E-state index contributed by atoms with van der Waals surface area (Å²) in [4.78, 5) is 18.7. The van der Waals surface area contributed by atoms with Gasteiger partial charge in [-0.3, -0.25) is 4.79 Å². The third-order valence-electron chi connectivity index (χ3n) is 3.74. The summed E-state index contributed by atoms with van der Waals surface area (Å²) in [6.07, 6.45) is 2.71. The molecule has 0 radical (unpaired) electrons. The molecule has 0 aliphatic carbocycles. The lowest BCUT2D eigenvalue weighted by Gasteiger charge is -2.35. The number of pyridine rings is 1. The van der Waals surface area contributed by atoms with Gasteiger partial charge in [-0.15, -0.1) is 0 Å². The number of hydrogen-bond donors (Lipinski definition) is 1. The van der Waals surface area contributed by atoms with Crippen molar-refractivity contribution in [3.8, 4) is 0 Å². The molecule has 0 saturated heterocycles. The first-order chi connectivity index (χ1) is 9.29. The number of nitrogens with one attached hydrogen (secondary N) is 1. The molecular formula is C16H27N3O. The monoisotopic (exact) mass is 277 g/mol. The molecule has 4 heteroatoms. The van der Waals surface area contributed by atoms with Crippen LogP contribution in [0.5, 0.6) is 0 Å². The van der Waals surface area contributed by atoms with E-state index in [0.29, 0.717) is 11.4 Å². The van der Waals surface area contributed by atoms with Crippen LogP contribution in [0, 0.1) is 5.41 Å². The molecule has 0 fully saturated rings. The van der Waals surface area contributed by atoms with Crippen molar-refractivity contribution in [2.45, 2.75) is 47.1 Å². The number of rotatable bonds is 5. The van der Waals surface area contributed by atoms with Gasteiger partial charge in [-0.1, -0.05) is 27.7 Å². The highest BCUT2D eigenvalue weighted by Crippen LogP contribution is 2.25. The second kappa shape index (κ2) is 6.73. The normalized spacial score (nSPS) is 12.9. The summed E-state index contributed by atoms with van der Waals surface area (Å²) in [7, 11) is 1.86. The molecule has 0 saturated carbocycles. The second-order valence-electron chi connectivity index (χ2n) is 6.28. The summed E-state index contributed by atoms with van der Waals surface area (Å²) >= 11 is 0. The van der Waals surface area contributed by atoms with Gasteiger partial charge in [-0.05, 0) is 30.9 Å². The number of carbonyl (C=O) groups is 1. The number of amides is 1. The summed E-state index contributed by atoms with van der Waals surface area (Å²) in [5, 5.41) is 3.22. The Balaban J connectivity index is 2.97. The molecule has 0 aliphatic rings. The number of carbonyl (C=O) groups excluding carboxylic acids is 1. The average Bonchev–Trinajstić information content (AvgIpc) is 2.42. The third kappa shape index (κ3) is 3.95. The summed E-state index contributed by atoms with van der Waals surface area (Å²) < 4.78 is 0. The van der Waals surface area contributed by atoms with E-state index in [4.69, 9.17) is 0 Å². The predicted octanol–water partition coefficient (Wildman–Crippen LogP) is 3.41. The molecule has 20 heavy (non-hydrogen) atoms. The van der Waals surface area contributed by atoms with Crippen molar-refractivity contribution in [1.82, 2.24) is 9.88 Å². The zero-order chi connectivity index (χ0) is 15.3. The lowest BCUT2D eigenvalue weighted by Crippen LogP contribution is -2.43. The van der Waals surface area contributed by atoms with Crippen molar-refractivity contribution in [2.75, 3.05) is 18.9 Å². The van der Waals surface area contributed by atoms with Gasteiger partial charge >= 0.3 is 0 Å². The van der Waals surface area contributed by atoms with Crippen molar-refractivity contribution in [3.05, 3.63) is 23.9 Å². The maximum atomic E-state index is 12.7. The summed E-state index contributed by atoms with van der Waals surface area (Å²) in [6, 6.07) is 3.79. The van der Waals surface area contributed by atoms with Gasteiger partial charge in [-0.25, -0.2) is 4.98 Å². The van der Waals surface area contributed by atoms with Crippen LogP contribution in [0.25, 0.3) is 0 Å². The van der Waals surface area contributed by atoms with Crippen LogP contribution >= 0.6 is 0 Å². The Bertz CT molecular complexity index is 451. The lowest BCUT2D eigenvalue weighted by molar-refractivity contribution is 0.0630. The fourth-order valence-electron chi connectivity index (χ4n) is 1.91.